The molecule has 1 aliphatic rings. The van der Waals surface area contributed by atoms with Gasteiger partial charge in [-0.2, -0.15) is 13.2 Å². The summed E-state index contributed by atoms with van der Waals surface area (Å²) in [6.45, 7) is 2.41. The van der Waals surface area contributed by atoms with Gasteiger partial charge in [0.05, 0.1) is 17.1 Å². The number of halogens is 3. The molecule has 0 aliphatic carbocycles. The Hall–Kier alpha value is -1.90. The summed E-state index contributed by atoms with van der Waals surface area (Å²) < 4.78 is 43.0. The quantitative estimate of drug-likeness (QED) is 0.684. The Morgan fingerprint density at radius 2 is 2.20 bits per heavy atom. The Labute approximate surface area is 112 Å². The molecule has 0 aromatic carbocycles. The lowest BCUT2D eigenvalue weighted by Gasteiger charge is -2.24. The first-order chi connectivity index (χ1) is 9.21. The highest BCUT2D eigenvalue weighted by Gasteiger charge is 2.37. The van der Waals surface area contributed by atoms with Gasteiger partial charge in [-0.1, -0.05) is 0 Å². The molecule has 1 aromatic heterocycles. The minimum atomic E-state index is -4.65. The van der Waals surface area contributed by atoms with E-state index in [4.69, 9.17) is 4.74 Å². The number of nitro groups is 1. The van der Waals surface area contributed by atoms with E-state index >= 15 is 0 Å². The van der Waals surface area contributed by atoms with Crippen LogP contribution < -0.4 is 5.32 Å². The van der Waals surface area contributed by atoms with E-state index in [0.29, 0.717) is 19.1 Å². The zero-order valence-electron chi connectivity index (χ0n) is 10.5. The molecule has 2 rings (SSSR count). The highest BCUT2D eigenvalue weighted by molar-refractivity contribution is 5.57. The van der Waals surface area contributed by atoms with E-state index in [9.17, 15) is 23.3 Å². The van der Waals surface area contributed by atoms with Gasteiger partial charge >= 0.3 is 11.9 Å². The summed E-state index contributed by atoms with van der Waals surface area (Å²) in [6.07, 6.45) is -4.12. The first kappa shape index (κ1) is 14.5. The molecular weight excluding hydrogens is 279 g/mol. The minimum Gasteiger partial charge on any atom is -0.379 e. The molecule has 1 unspecified atom stereocenters. The van der Waals surface area contributed by atoms with E-state index in [1.165, 1.54) is 0 Å². The van der Waals surface area contributed by atoms with Crippen LogP contribution in [0.15, 0.2) is 12.1 Å². The Morgan fingerprint density at radius 1 is 1.50 bits per heavy atom. The maximum atomic E-state index is 12.6. The lowest BCUT2D eigenvalue weighted by atomic mass is 10.0. The standard InChI is InChI=1S/C11H12F3N3O3/c1-10(4-5-20-6-10)16-9-7(17(18)19)2-3-8(15-9)11(12,13)14/h2-3H,4-6H2,1H3,(H,15,16). The third-order valence-corrected chi connectivity index (χ3v) is 3.00. The average molecular weight is 291 g/mol. The van der Waals surface area contributed by atoms with Crippen LogP contribution in [0.25, 0.3) is 0 Å². The van der Waals surface area contributed by atoms with Gasteiger partial charge in [-0.3, -0.25) is 10.1 Å². The fourth-order valence-electron chi connectivity index (χ4n) is 1.90. The summed E-state index contributed by atoms with van der Waals surface area (Å²) in [5, 5.41) is 13.6. The molecule has 0 amide bonds. The van der Waals surface area contributed by atoms with Crippen LogP contribution in [0.1, 0.15) is 19.0 Å². The molecule has 0 radical (unpaired) electrons. The number of hydrogen-bond acceptors (Lipinski definition) is 5. The molecule has 1 fully saturated rings. The van der Waals surface area contributed by atoms with E-state index in [-0.39, 0.29) is 6.61 Å². The van der Waals surface area contributed by atoms with Crippen molar-refractivity contribution in [3.8, 4) is 0 Å². The van der Waals surface area contributed by atoms with Crippen molar-refractivity contribution in [2.75, 3.05) is 18.5 Å². The van der Waals surface area contributed by atoms with Crippen molar-refractivity contribution in [3.05, 3.63) is 27.9 Å². The van der Waals surface area contributed by atoms with Crippen molar-refractivity contribution in [1.29, 1.82) is 0 Å². The van der Waals surface area contributed by atoms with Crippen molar-refractivity contribution >= 4 is 11.5 Å². The van der Waals surface area contributed by atoms with Crippen LogP contribution >= 0.6 is 0 Å². The number of pyridine rings is 1. The zero-order valence-corrected chi connectivity index (χ0v) is 10.5. The number of aromatic nitrogens is 1. The van der Waals surface area contributed by atoms with Crippen LogP contribution in [0, 0.1) is 10.1 Å². The number of nitrogens with one attached hydrogen (secondary N) is 1. The van der Waals surface area contributed by atoms with Crippen LogP contribution in [0.2, 0.25) is 0 Å². The summed E-state index contributed by atoms with van der Waals surface area (Å²) in [4.78, 5) is 13.4. The number of hydrogen-bond donors (Lipinski definition) is 1. The SMILES string of the molecule is CC1(Nc2nc(C(F)(F)F)ccc2[N+](=O)[O-])CCOC1. The second-order valence-electron chi connectivity index (χ2n) is 4.81. The number of anilines is 1. The summed E-state index contributed by atoms with van der Waals surface area (Å²) in [7, 11) is 0. The predicted octanol–water partition coefficient (Wildman–Crippen LogP) is 2.60. The Morgan fingerprint density at radius 3 is 2.70 bits per heavy atom. The summed E-state index contributed by atoms with van der Waals surface area (Å²) in [5.74, 6) is -0.391. The second kappa shape index (κ2) is 4.89. The van der Waals surface area contributed by atoms with Gasteiger partial charge < -0.3 is 10.1 Å². The number of nitrogens with zero attached hydrogens (tertiary/aromatic N) is 2. The predicted molar refractivity (Wildman–Crippen MR) is 63.4 cm³/mol. The molecule has 1 N–H and O–H groups in total. The lowest BCUT2D eigenvalue weighted by Crippen LogP contribution is -2.35. The average Bonchev–Trinajstić information content (AvgIpc) is 2.74. The van der Waals surface area contributed by atoms with Crippen molar-refractivity contribution in [2.24, 2.45) is 0 Å². The first-order valence-corrected chi connectivity index (χ1v) is 5.80. The molecule has 110 valence electrons. The normalized spacial score (nSPS) is 22.8. The molecule has 1 aromatic rings. The third-order valence-electron chi connectivity index (χ3n) is 3.00. The monoisotopic (exact) mass is 291 g/mol. The number of ether oxygens (including phenoxy) is 1. The highest BCUT2D eigenvalue weighted by atomic mass is 19.4. The fraction of sp³-hybridized carbons (Fsp3) is 0.545. The Bertz CT molecular complexity index is 527. The lowest BCUT2D eigenvalue weighted by molar-refractivity contribution is -0.384. The van der Waals surface area contributed by atoms with E-state index in [1.54, 1.807) is 6.92 Å². The topological polar surface area (TPSA) is 77.3 Å². The van der Waals surface area contributed by atoms with Gasteiger partial charge in [0.2, 0.25) is 5.82 Å². The smallest absolute Gasteiger partial charge is 0.379 e. The van der Waals surface area contributed by atoms with Crippen LogP contribution in [0.5, 0.6) is 0 Å². The van der Waals surface area contributed by atoms with Crippen LogP contribution in [0.4, 0.5) is 24.7 Å². The summed E-state index contributed by atoms with van der Waals surface area (Å²) >= 11 is 0. The molecule has 1 atom stereocenters. The molecule has 0 spiro atoms. The maximum absolute atomic E-state index is 12.6. The van der Waals surface area contributed by atoms with Crippen LogP contribution in [-0.2, 0) is 10.9 Å². The maximum Gasteiger partial charge on any atom is 0.433 e. The Kier molecular flexibility index (Phi) is 3.55. The van der Waals surface area contributed by atoms with Gasteiger partial charge in [-0.25, -0.2) is 4.98 Å². The van der Waals surface area contributed by atoms with E-state index in [2.05, 4.69) is 10.3 Å². The molecule has 0 bridgehead atoms. The highest BCUT2D eigenvalue weighted by Crippen LogP contribution is 2.34. The Balaban J connectivity index is 2.39. The second-order valence-corrected chi connectivity index (χ2v) is 4.81. The molecule has 2 heterocycles. The molecule has 20 heavy (non-hydrogen) atoms. The number of alkyl halides is 3. The first-order valence-electron chi connectivity index (χ1n) is 5.80. The van der Waals surface area contributed by atoms with E-state index in [0.717, 1.165) is 6.07 Å². The van der Waals surface area contributed by atoms with Crippen molar-refractivity contribution in [1.82, 2.24) is 4.98 Å². The summed E-state index contributed by atoms with van der Waals surface area (Å²) in [5.41, 5.74) is -2.33. The molecule has 1 saturated heterocycles. The van der Waals surface area contributed by atoms with Gasteiger partial charge in [0.15, 0.2) is 0 Å². The molecule has 6 nitrogen and oxygen atoms in total. The van der Waals surface area contributed by atoms with E-state index < -0.39 is 33.8 Å². The van der Waals surface area contributed by atoms with E-state index in [1.807, 2.05) is 0 Å². The zero-order chi connectivity index (χ0) is 15.0. The van der Waals surface area contributed by atoms with Gasteiger partial charge in [0.25, 0.3) is 0 Å². The van der Waals surface area contributed by atoms with Crippen molar-refractivity contribution < 1.29 is 22.8 Å². The molecule has 0 saturated carbocycles. The van der Waals surface area contributed by atoms with Gasteiger partial charge in [-0.15, -0.1) is 0 Å². The molecule has 1 aliphatic heterocycles. The van der Waals surface area contributed by atoms with Crippen LogP contribution in [0.3, 0.4) is 0 Å². The van der Waals surface area contributed by atoms with Gasteiger partial charge in [0.1, 0.15) is 5.69 Å². The minimum absolute atomic E-state index is 0.252. The van der Waals surface area contributed by atoms with Crippen molar-refractivity contribution in [2.45, 2.75) is 25.1 Å². The summed E-state index contributed by atoms with van der Waals surface area (Å²) in [6, 6.07) is 1.40. The van der Waals surface area contributed by atoms with Gasteiger partial charge in [-0.05, 0) is 19.4 Å². The van der Waals surface area contributed by atoms with Gasteiger partial charge in [0, 0.05) is 12.7 Å². The van der Waals surface area contributed by atoms with Crippen LogP contribution in [-0.4, -0.2) is 28.7 Å². The van der Waals surface area contributed by atoms with Crippen molar-refractivity contribution in [3.63, 3.8) is 0 Å². The fourth-order valence-corrected chi connectivity index (χ4v) is 1.90. The number of rotatable bonds is 3. The molecular formula is C11H12F3N3O3. The third kappa shape index (κ3) is 2.98. The molecule has 9 heteroatoms. The largest absolute Gasteiger partial charge is 0.433 e.